The van der Waals surface area contributed by atoms with E-state index in [1.165, 1.54) is 11.3 Å². The van der Waals surface area contributed by atoms with Crippen LogP contribution < -0.4 is 10.2 Å². The maximum Gasteiger partial charge on any atom is 0.246 e. The summed E-state index contributed by atoms with van der Waals surface area (Å²) in [6, 6.07) is 17.1. The van der Waals surface area contributed by atoms with Crippen LogP contribution in [0.2, 0.25) is 0 Å². The minimum absolute atomic E-state index is 0.555. The number of aromatic nitrogens is 3. The number of anilines is 3. The van der Waals surface area contributed by atoms with Crippen LogP contribution in [0.5, 0.6) is 0 Å². The second-order valence-electron chi connectivity index (χ2n) is 7.31. The zero-order valence-electron chi connectivity index (χ0n) is 16.1. The molecule has 27 heavy (non-hydrogen) atoms. The zero-order chi connectivity index (χ0) is 18.8. The summed E-state index contributed by atoms with van der Waals surface area (Å²) < 4.78 is 1.78. The Bertz CT molecular complexity index is 904. The van der Waals surface area contributed by atoms with Gasteiger partial charge in [-0.15, -0.1) is 5.10 Å². The Balaban J connectivity index is 1.53. The predicted molar refractivity (Wildman–Crippen MR) is 110 cm³/mol. The van der Waals surface area contributed by atoms with Gasteiger partial charge in [0.2, 0.25) is 5.95 Å². The fourth-order valence-corrected chi connectivity index (χ4v) is 3.46. The fraction of sp³-hybridized carbons (Fsp3) is 0.333. The highest BCUT2D eigenvalue weighted by molar-refractivity contribution is 5.64. The van der Waals surface area contributed by atoms with Gasteiger partial charge in [-0.3, -0.25) is 0 Å². The first-order valence-electron chi connectivity index (χ1n) is 9.39. The van der Waals surface area contributed by atoms with Gasteiger partial charge in [0.15, 0.2) is 0 Å². The second-order valence-corrected chi connectivity index (χ2v) is 7.31. The quantitative estimate of drug-likeness (QED) is 0.770. The number of aryl methyl sites for hydroxylation is 1. The third kappa shape index (κ3) is 3.95. The van der Waals surface area contributed by atoms with Gasteiger partial charge in [-0.2, -0.15) is 4.98 Å². The molecule has 0 bridgehead atoms. The number of hydrogen-bond acceptors (Lipinski definition) is 5. The SMILES string of the molecule is Cc1cc(Nc2ncn(-c3ccccc3)n2)cc(N2CCN(C)C(C)C2)c1. The molecule has 6 heteroatoms. The Morgan fingerprint density at radius 2 is 1.85 bits per heavy atom. The van der Waals surface area contributed by atoms with E-state index >= 15 is 0 Å². The molecule has 0 spiro atoms. The molecule has 0 radical (unpaired) electrons. The van der Waals surface area contributed by atoms with Crippen LogP contribution in [0.15, 0.2) is 54.9 Å². The lowest BCUT2D eigenvalue weighted by molar-refractivity contribution is 0.234. The van der Waals surface area contributed by atoms with Crippen molar-refractivity contribution in [3.63, 3.8) is 0 Å². The van der Waals surface area contributed by atoms with Gasteiger partial charge in [0.25, 0.3) is 0 Å². The third-order valence-corrected chi connectivity index (χ3v) is 5.16. The molecule has 1 aliphatic rings. The van der Waals surface area contributed by atoms with Crippen molar-refractivity contribution < 1.29 is 0 Å². The molecule has 140 valence electrons. The summed E-state index contributed by atoms with van der Waals surface area (Å²) in [7, 11) is 2.19. The summed E-state index contributed by atoms with van der Waals surface area (Å²) in [5.41, 5.74) is 4.49. The first-order chi connectivity index (χ1) is 13.1. The smallest absolute Gasteiger partial charge is 0.246 e. The highest BCUT2D eigenvalue weighted by atomic mass is 15.4. The number of nitrogens with one attached hydrogen (secondary N) is 1. The fourth-order valence-electron chi connectivity index (χ4n) is 3.46. The molecule has 6 nitrogen and oxygen atoms in total. The number of piperazine rings is 1. The van der Waals surface area contributed by atoms with Gasteiger partial charge in [0, 0.05) is 37.1 Å². The summed E-state index contributed by atoms with van der Waals surface area (Å²) in [5.74, 6) is 0.599. The van der Waals surface area contributed by atoms with Gasteiger partial charge >= 0.3 is 0 Å². The van der Waals surface area contributed by atoms with Crippen molar-refractivity contribution in [2.45, 2.75) is 19.9 Å². The zero-order valence-corrected chi connectivity index (χ0v) is 16.1. The summed E-state index contributed by atoms with van der Waals surface area (Å²) in [6.45, 7) is 7.58. The van der Waals surface area contributed by atoms with E-state index < -0.39 is 0 Å². The van der Waals surface area contributed by atoms with Crippen LogP contribution in [0, 0.1) is 6.92 Å². The van der Waals surface area contributed by atoms with E-state index in [-0.39, 0.29) is 0 Å². The molecule has 0 amide bonds. The van der Waals surface area contributed by atoms with E-state index in [2.05, 4.69) is 64.3 Å². The van der Waals surface area contributed by atoms with E-state index in [1.807, 2.05) is 30.3 Å². The van der Waals surface area contributed by atoms with Crippen LogP contribution in [-0.2, 0) is 0 Å². The molecular weight excluding hydrogens is 336 g/mol. The number of para-hydroxylation sites is 1. The Kier molecular flexibility index (Phi) is 4.81. The Hall–Kier alpha value is -2.86. The highest BCUT2D eigenvalue weighted by Gasteiger charge is 2.21. The highest BCUT2D eigenvalue weighted by Crippen LogP contribution is 2.26. The van der Waals surface area contributed by atoms with Crippen LogP contribution in [-0.4, -0.2) is 52.4 Å². The molecule has 0 aliphatic carbocycles. The molecule has 1 saturated heterocycles. The Morgan fingerprint density at radius 1 is 1.04 bits per heavy atom. The predicted octanol–water partition coefficient (Wildman–Crippen LogP) is 3.46. The molecule has 4 rings (SSSR count). The van der Waals surface area contributed by atoms with Crippen LogP contribution in [0.3, 0.4) is 0 Å². The first kappa shape index (κ1) is 17.5. The van der Waals surface area contributed by atoms with Gasteiger partial charge in [-0.25, -0.2) is 4.68 Å². The normalized spacial score (nSPS) is 17.9. The van der Waals surface area contributed by atoms with Gasteiger partial charge in [0.1, 0.15) is 6.33 Å². The summed E-state index contributed by atoms with van der Waals surface area (Å²) >= 11 is 0. The van der Waals surface area contributed by atoms with Crippen LogP contribution in [0.1, 0.15) is 12.5 Å². The van der Waals surface area contributed by atoms with E-state index in [0.717, 1.165) is 31.0 Å². The molecule has 3 aromatic rings. The molecule has 1 aromatic heterocycles. The van der Waals surface area contributed by atoms with Crippen molar-refractivity contribution in [2.75, 3.05) is 36.9 Å². The molecule has 2 aromatic carbocycles. The third-order valence-electron chi connectivity index (χ3n) is 5.16. The van der Waals surface area contributed by atoms with Crippen molar-refractivity contribution in [3.8, 4) is 5.69 Å². The topological polar surface area (TPSA) is 49.2 Å². The number of rotatable bonds is 4. The maximum absolute atomic E-state index is 4.54. The van der Waals surface area contributed by atoms with E-state index in [9.17, 15) is 0 Å². The molecule has 2 heterocycles. The lowest BCUT2D eigenvalue weighted by Gasteiger charge is -2.39. The second kappa shape index (κ2) is 7.40. The molecule has 1 aliphatic heterocycles. The van der Waals surface area contributed by atoms with Crippen LogP contribution in [0.25, 0.3) is 5.69 Å². The van der Waals surface area contributed by atoms with Crippen LogP contribution >= 0.6 is 0 Å². The van der Waals surface area contributed by atoms with E-state index in [1.54, 1.807) is 11.0 Å². The number of hydrogen-bond donors (Lipinski definition) is 1. The minimum Gasteiger partial charge on any atom is -0.369 e. The van der Waals surface area contributed by atoms with E-state index in [4.69, 9.17) is 0 Å². The number of nitrogens with zero attached hydrogens (tertiary/aromatic N) is 5. The average molecular weight is 362 g/mol. The van der Waals surface area contributed by atoms with Gasteiger partial charge in [-0.1, -0.05) is 18.2 Å². The van der Waals surface area contributed by atoms with Crippen molar-refractivity contribution in [1.82, 2.24) is 19.7 Å². The van der Waals surface area contributed by atoms with Gasteiger partial charge < -0.3 is 15.1 Å². The lowest BCUT2D eigenvalue weighted by Crippen LogP contribution is -2.50. The molecule has 0 saturated carbocycles. The first-order valence-corrected chi connectivity index (χ1v) is 9.39. The lowest BCUT2D eigenvalue weighted by atomic mass is 10.1. The Labute approximate surface area is 160 Å². The van der Waals surface area contributed by atoms with Gasteiger partial charge in [-0.05, 0) is 56.8 Å². The van der Waals surface area contributed by atoms with Crippen molar-refractivity contribution in [1.29, 1.82) is 0 Å². The summed E-state index contributed by atoms with van der Waals surface area (Å²) in [6.07, 6.45) is 1.73. The summed E-state index contributed by atoms with van der Waals surface area (Å²) in [5, 5.41) is 7.90. The molecule has 1 atom stereocenters. The molecule has 1 N–H and O–H groups in total. The number of likely N-dealkylation sites (N-methyl/N-ethyl adjacent to an activating group) is 1. The van der Waals surface area contributed by atoms with Crippen LogP contribution in [0.4, 0.5) is 17.3 Å². The van der Waals surface area contributed by atoms with Gasteiger partial charge in [0.05, 0.1) is 5.69 Å². The Morgan fingerprint density at radius 3 is 2.63 bits per heavy atom. The molecule has 1 fully saturated rings. The maximum atomic E-state index is 4.54. The number of benzene rings is 2. The largest absolute Gasteiger partial charge is 0.369 e. The van der Waals surface area contributed by atoms with E-state index in [0.29, 0.717) is 12.0 Å². The van der Waals surface area contributed by atoms with Crippen molar-refractivity contribution in [2.24, 2.45) is 0 Å². The average Bonchev–Trinajstić information content (AvgIpc) is 3.13. The molecular formula is C21H26N6. The standard InChI is InChI=1S/C21H26N6/c1-16-11-18(13-20(12-16)26-10-9-25(3)17(2)14-26)23-21-22-15-27(24-21)19-7-5-4-6-8-19/h4-8,11-13,15,17H,9-10,14H2,1-3H3,(H,23,24). The monoisotopic (exact) mass is 362 g/mol. The summed E-state index contributed by atoms with van der Waals surface area (Å²) in [4.78, 5) is 9.27. The molecule has 1 unspecified atom stereocenters. The van der Waals surface area contributed by atoms with Crippen molar-refractivity contribution >= 4 is 17.3 Å². The van der Waals surface area contributed by atoms with Crippen molar-refractivity contribution in [3.05, 3.63) is 60.4 Å². The minimum atomic E-state index is 0.555.